The van der Waals surface area contributed by atoms with Crippen molar-refractivity contribution >= 4 is 39.9 Å². The van der Waals surface area contributed by atoms with Crippen molar-refractivity contribution in [3.05, 3.63) is 39.6 Å². The van der Waals surface area contributed by atoms with Gasteiger partial charge in [-0.05, 0) is 24.6 Å². The molecule has 21 heavy (non-hydrogen) atoms. The minimum atomic E-state index is 0.0815. The Bertz CT molecular complexity index is 606. The Labute approximate surface area is 138 Å². The monoisotopic (exact) mass is 345 g/mol. The van der Waals surface area contributed by atoms with Crippen LogP contribution in [0.25, 0.3) is 0 Å². The fraction of sp³-hybridized carbons (Fsp3) is 0.429. The van der Waals surface area contributed by atoms with Gasteiger partial charge in [0.05, 0.1) is 12.6 Å². The summed E-state index contributed by atoms with van der Waals surface area (Å²) in [5, 5.41) is 2.15. The molecule has 0 fully saturated rings. The molecule has 1 unspecified atom stereocenters. The van der Waals surface area contributed by atoms with Crippen LogP contribution in [0.5, 0.6) is 0 Å². The summed E-state index contributed by atoms with van der Waals surface area (Å²) in [5.74, 6) is 0.804. The fourth-order valence-electron chi connectivity index (χ4n) is 1.90. The third-order valence-corrected chi connectivity index (χ3v) is 4.69. The lowest BCUT2D eigenvalue weighted by Crippen LogP contribution is -2.21. The maximum atomic E-state index is 6.27. The molecular formula is C14H17Cl2N3OS. The summed E-state index contributed by atoms with van der Waals surface area (Å²) in [6, 6.07) is 5.63. The molecule has 1 atom stereocenters. The van der Waals surface area contributed by atoms with Crippen molar-refractivity contribution in [2.75, 3.05) is 25.7 Å². The molecule has 2 rings (SSSR count). The minimum absolute atomic E-state index is 0.0815. The van der Waals surface area contributed by atoms with Crippen LogP contribution in [-0.2, 0) is 11.2 Å². The SMILES string of the molecule is COCCc1nsc(N(C)C(C)c2ccc(Cl)cc2Cl)n1. The van der Waals surface area contributed by atoms with Gasteiger partial charge in [0.25, 0.3) is 0 Å². The topological polar surface area (TPSA) is 38.2 Å². The molecule has 0 N–H and O–H groups in total. The first-order chi connectivity index (χ1) is 10.0. The highest BCUT2D eigenvalue weighted by molar-refractivity contribution is 7.09. The molecular weight excluding hydrogens is 329 g/mol. The van der Waals surface area contributed by atoms with Crippen LogP contribution in [-0.4, -0.2) is 30.1 Å². The van der Waals surface area contributed by atoms with E-state index in [0.717, 1.165) is 22.9 Å². The fourth-order valence-corrected chi connectivity index (χ4v) is 3.22. The Kier molecular flexibility index (Phi) is 5.81. The Hall–Kier alpha value is -0.880. The zero-order chi connectivity index (χ0) is 15.4. The zero-order valence-electron chi connectivity index (χ0n) is 12.1. The van der Waals surface area contributed by atoms with Gasteiger partial charge in [0.15, 0.2) is 0 Å². The van der Waals surface area contributed by atoms with Gasteiger partial charge in [-0.25, -0.2) is 4.98 Å². The van der Waals surface area contributed by atoms with Gasteiger partial charge >= 0.3 is 0 Å². The predicted molar refractivity (Wildman–Crippen MR) is 88.8 cm³/mol. The summed E-state index contributed by atoms with van der Waals surface area (Å²) in [6.45, 7) is 2.70. The van der Waals surface area contributed by atoms with E-state index in [0.29, 0.717) is 16.7 Å². The van der Waals surface area contributed by atoms with E-state index in [1.165, 1.54) is 11.5 Å². The molecule has 1 heterocycles. The Morgan fingerprint density at radius 2 is 2.14 bits per heavy atom. The second kappa shape index (κ2) is 7.40. The van der Waals surface area contributed by atoms with E-state index in [-0.39, 0.29) is 6.04 Å². The molecule has 7 heteroatoms. The molecule has 1 aromatic heterocycles. The quantitative estimate of drug-likeness (QED) is 0.785. The van der Waals surface area contributed by atoms with E-state index in [1.54, 1.807) is 13.2 Å². The molecule has 0 aliphatic rings. The number of hydrogen-bond donors (Lipinski definition) is 0. The minimum Gasteiger partial charge on any atom is -0.384 e. The second-order valence-electron chi connectivity index (χ2n) is 4.69. The summed E-state index contributed by atoms with van der Waals surface area (Å²) >= 11 is 13.6. The van der Waals surface area contributed by atoms with Crippen LogP contribution in [0.15, 0.2) is 18.2 Å². The van der Waals surface area contributed by atoms with E-state index in [2.05, 4.69) is 21.2 Å². The van der Waals surface area contributed by atoms with Gasteiger partial charge in [-0.3, -0.25) is 0 Å². The number of methoxy groups -OCH3 is 1. The third kappa shape index (κ3) is 4.07. The van der Waals surface area contributed by atoms with Crippen molar-refractivity contribution in [1.29, 1.82) is 0 Å². The summed E-state index contributed by atoms with van der Waals surface area (Å²) in [6.07, 6.45) is 0.719. The van der Waals surface area contributed by atoms with E-state index < -0.39 is 0 Å². The van der Waals surface area contributed by atoms with Gasteiger partial charge in [0.2, 0.25) is 5.13 Å². The average molecular weight is 346 g/mol. The number of anilines is 1. The maximum Gasteiger partial charge on any atom is 0.205 e. The van der Waals surface area contributed by atoms with E-state index >= 15 is 0 Å². The standard InChI is InChI=1S/C14H17Cl2N3OS/c1-9(11-5-4-10(15)8-12(11)16)19(2)14-17-13(18-21-14)6-7-20-3/h4-5,8-9H,6-7H2,1-3H3. The van der Waals surface area contributed by atoms with Crippen LogP contribution in [0, 0.1) is 0 Å². The van der Waals surface area contributed by atoms with E-state index in [4.69, 9.17) is 27.9 Å². The van der Waals surface area contributed by atoms with Crippen molar-refractivity contribution in [3.8, 4) is 0 Å². The van der Waals surface area contributed by atoms with Crippen molar-refractivity contribution in [1.82, 2.24) is 9.36 Å². The van der Waals surface area contributed by atoms with Crippen molar-refractivity contribution in [2.45, 2.75) is 19.4 Å². The normalized spacial score (nSPS) is 12.4. The zero-order valence-corrected chi connectivity index (χ0v) is 14.5. The number of halogens is 2. The summed E-state index contributed by atoms with van der Waals surface area (Å²) in [5.41, 5.74) is 1.01. The maximum absolute atomic E-state index is 6.27. The highest BCUT2D eigenvalue weighted by Crippen LogP contribution is 2.32. The molecule has 0 aliphatic carbocycles. The lowest BCUT2D eigenvalue weighted by atomic mass is 10.1. The Morgan fingerprint density at radius 3 is 2.81 bits per heavy atom. The van der Waals surface area contributed by atoms with E-state index in [9.17, 15) is 0 Å². The molecule has 4 nitrogen and oxygen atoms in total. The van der Waals surface area contributed by atoms with Crippen LogP contribution < -0.4 is 4.90 Å². The average Bonchev–Trinajstić information content (AvgIpc) is 2.92. The van der Waals surface area contributed by atoms with Crippen LogP contribution >= 0.6 is 34.7 Å². The van der Waals surface area contributed by atoms with Crippen LogP contribution in [0.3, 0.4) is 0 Å². The first-order valence-corrected chi connectivity index (χ1v) is 8.05. The smallest absolute Gasteiger partial charge is 0.205 e. The molecule has 0 saturated heterocycles. The van der Waals surface area contributed by atoms with E-state index in [1.807, 2.05) is 19.2 Å². The van der Waals surface area contributed by atoms with Crippen LogP contribution in [0.4, 0.5) is 5.13 Å². The largest absolute Gasteiger partial charge is 0.384 e. The lowest BCUT2D eigenvalue weighted by Gasteiger charge is -2.25. The molecule has 0 spiro atoms. The first kappa shape index (κ1) is 16.5. The van der Waals surface area contributed by atoms with Gasteiger partial charge < -0.3 is 9.64 Å². The van der Waals surface area contributed by atoms with Crippen molar-refractivity contribution in [2.24, 2.45) is 0 Å². The Morgan fingerprint density at radius 1 is 1.38 bits per heavy atom. The molecule has 0 amide bonds. The number of ether oxygens (including phenoxy) is 1. The molecule has 2 aromatic rings. The third-order valence-electron chi connectivity index (χ3n) is 3.28. The molecule has 0 bridgehead atoms. The highest BCUT2D eigenvalue weighted by Gasteiger charge is 2.18. The molecule has 0 radical (unpaired) electrons. The number of hydrogen-bond acceptors (Lipinski definition) is 5. The summed E-state index contributed by atoms with van der Waals surface area (Å²) in [4.78, 5) is 6.58. The van der Waals surface area contributed by atoms with Gasteiger partial charge in [0, 0.05) is 42.2 Å². The van der Waals surface area contributed by atoms with Gasteiger partial charge in [0.1, 0.15) is 5.82 Å². The number of nitrogens with zero attached hydrogens (tertiary/aromatic N) is 3. The molecule has 114 valence electrons. The molecule has 0 saturated carbocycles. The number of benzene rings is 1. The van der Waals surface area contributed by atoms with Gasteiger partial charge in [-0.1, -0.05) is 29.3 Å². The van der Waals surface area contributed by atoms with Crippen LogP contribution in [0.1, 0.15) is 24.4 Å². The van der Waals surface area contributed by atoms with Crippen molar-refractivity contribution in [3.63, 3.8) is 0 Å². The second-order valence-corrected chi connectivity index (χ2v) is 6.26. The molecule has 0 aliphatic heterocycles. The van der Waals surface area contributed by atoms with Gasteiger partial charge in [-0.2, -0.15) is 4.37 Å². The summed E-state index contributed by atoms with van der Waals surface area (Å²) in [7, 11) is 3.65. The molecule has 1 aromatic carbocycles. The van der Waals surface area contributed by atoms with Gasteiger partial charge in [-0.15, -0.1) is 0 Å². The van der Waals surface area contributed by atoms with Crippen LogP contribution in [0.2, 0.25) is 10.0 Å². The number of aromatic nitrogens is 2. The predicted octanol–water partition coefficient (Wildman–Crippen LogP) is 4.23. The Balaban J connectivity index is 2.14. The lowest BCUT2D eigenvalue weighted by molar-refractivity contribution is 0.201. The van der Waals surface area contributed by atoms with Crippen molar-refractivity contribution < 1.29 is 4.74 Å². The highest BCUT2D eigenvalue weighted by atomic mass is 35.5. The first-order valence-electron chi connectivity index (χ1n) is 6.52. The summed E-state index contributed by atoms with van der Waals surface area (Å²) < 4.78 is 9.38. The number of rotatable bonds is 6.